The number of nitrogens with zero attached hydrogens (tertiary/aromatic N) is 4. The Bertz CT molecular complexity index is 6320. The number of hydrogen-bond donors (Lipinski definition) is 0. The molecule has 135 heavy (non-hydrogen) atoms. The maximum atomic E-state index is 15.4. The van der Waals surface area contributed by atoms with Crippen molar-refractivity contribution in [2.45, 2.75) is 323 Å². The van der Waals surface area contributed by atoms with Gasteiger partial charge in [0, 0.05) is 64.6 Å². The Hall–Kier alpha value is -10.2. The first-order valence-corrected chi connectivity index (χ1v) is 54.8. The zero-order valence-electron chi connectivity index (χ0n) is 80.3. The zero-order valence-corrected chi connectivity index (χ0v) is 84.4. The van der Waals surface area contributed by atoms with Gasteiger partial charge in [-0.1, -0.05) is 307 Å². The van der Waals surface area contributed by atoms with Gasteiger partial charge < -0.3 is 0 Å². The lowest BCUT2D eigenvalue weighted by molar-refractivity contribution is 0.103. The summed E-state index contributed by atoms with van der Waals surface area (Å²) >= 11 is 9.36. The molecule has 0 saturated heterocycles. The van der Waals surface area contributed by atoms with Crippen molar-refractivity contribution >= 4 is 110 Å². The largest absolute Gasteiger partial charge is 0.289 e. The van der Waals surface area contributed by atoms with E-state index >= 15 is 17.6 Å². The predicted molar refractivity (Wildman–Crippen MR) is 560 cm³/mol. The molecule has 11 aromatic rings. The quantitative estimate of drug-likeness (QED) is 0.0162. The summed E-state index contributed by atoms with van der Waals surface area (Å²) in [4.78, 5) is 36.0. The number of halogens is 4. The van der Waals surface area contributed by atoms with Crippen molar-refractivity contribution in [2.24, 2.45) is 0 Å². The van der Waals surface area contributed by atoms with Gasteiger partial charge in [-0.3, -0.25) is 9.59 Å². The van der Waals surface area contributed by atoms with Gasteiger partial charge in [0.2, 0.25) is 0 Å². The first-order valence-electron chi connectivity index (χ1n) is 50.7. The Balaban J connectivity index is 1.08. The molecule has 0 fully saturated rings. The average Bonchev–Trinajstić information content (AvgIpc) is 1.48. The van der Waals surface area contributed by atoms with E-state index in [1.54, 1.807) is 40.9 Å². The molecule has 15 heteroatoms. The molecule has 698 valence electrons. The molecule has 0 radical (unpaired) electrons. The Kier molecular flexibility index (Phi) is 34.1. The second-order valence-corrected chi connectivity index (χ2v) is 43.3. The van der Waals surface area contributed by atoms with Crippen LogP contribution in [0.25, 0.3) is 61.6 Å². The molecule has 6 nitrogen and oxygen atoms in total. The molecule has 5 aromatic heterocycles. The maximum Gasteiger partial charge on any atom is 0.194 e. The molecule has 6 aromatic carbocycles. The van der Waals surface area contributed by atoms with E-state index in [-0.39, 0.29) is 55.7 Å². The summed E-state index contributed by atoms with van der Waals surface area (Å²) in [5.41, 5.74) is 18.4. The predicted octanol–water partition coefficient (Wildman–Crippen LogP) is 35.8. The van der Waals surface area contributed by atoms with Crippen LogP contribution in [0.1, 0.15) is 391 Å². The molecule has 0 bridgehead atoms. The summed E-state index contributed by atoms with van der Waals surface area (Å²) in [7, 11) is 0. The van der Waals surface area contributed by atoms with Gasteiger partial charge in [0.1, 0.15) is 35.4 Å². The normalized spacial score (nSPS) is 14.4. The Morgan fingerprint density at radius 1 is 0.296 bits per heavy atom. The van der Waals surface area contributed by atoms with Gasteiger partial charge in [-0.2, -0.15) is 21.0 Å². The third-order valence-corrected chi connectivity index (χ3v) is 34.6. The van der Waals surface area contributed by atoms with E-state index in [0.717, 1.165) is 296 Å². The third-order valence-electron chi connectivity index (χ3n) is 28.3. The molecule has 15 rings (SSSR count). The molecule has 0 N–H and O–H groups in total. The zero-order chi connectivity index (χ0) is 94.9. The smallest absolute Gasteiger partial charge is 0.194 e. The van der Waals surface area contributed by atoms with Crippen molar-refractivity contribution in [1.29, 1.82) is 21.0 Å². The average molecular weight is 1890 g/mol. The lowest BCUT2D eigenvalue weighted by atomic mass is 9.65. The third kappa shape index (κ3) is 20.7. The van der Waals surface area contributed by atoms with Gasteiger partial charge in [0.25, 0.3) is 0 Å². The van der Waals surface area contributed by atoms with E-state index in [1.807, 2.05) is 76.5 Å². The van der Waals surface area contributed by atoms with Crippen molar-refractivity contribution in [2.75, 3.05) is 0 Å². The molecule has 5 heterocycles. The number of ketones is 2. The van der Waals surface area contributed by atoms with E-state index in [1.165, 1.54) is 123 Å². The molecule has 0 unspecified atom stereocenters. The van der Waals surface area contributed by atoms with Crippen LogP contribution < -0.4 is 0 Å². The first-order chi connectivity index (χ1) is 65.9. The minimum absolute atomic E-state index is 0.0126. The SMILES string of the molecule is CCCCCCc1cc(CCCCCC)cc(C2(c3cc(CCCCCC)cc(CCCCCC)c3)c3cc(/C=C/C=C4\C(=O)c5cc(F)c(F)cc5C4=C(C#N)C#N)sc3-c3sc4c5c(sc4c32)-c2sc3cc(/C=C/C=C4\C(=O)c6cc(F)c(F)cc6C4=C(C#N)C#N)sc3c2C5(c2cc(CCCCCC)cc(CCCCCC)c2)c2cc(CCCCCC)cc(CCCCCC)c2)c1. The number of thiophene rings is 5. The van der Waals surface area contributed by atoms with Crippen molar-refractivity contribution in [3.05, 3.63) is 300 Å². The van der Waals surface area contributed by atoms with E-state index < -0.39 is 45.7 Å². The van der Waals surface area contributed by atoms with Crippen molar-refractivity contribution in [3.63, 3.8) is 0 Å². The minimum atomic E-state index is -1.19. The van der Waals surface area contributed by atoms with Crippen LogP contribution >= 0.6 is 56.7 Å². The van der Waals surface area contributed by atoms with Crippen LogP contribution in [0, 0.1) is 68.6 Å². The number of allylic oxidation sites excluding steroid dienone is 10. The lowest BCUT2D eigenvalue weighted by Gasteiger charge is -2.35. The number of fused-ring (bicyclic) bond motifs is 13. The fourth-order valence-electron chi connectivity index (χ4n) is 21.6. The van der Waals surface area contributed by atoms with Gasteiger partial charge in [-0.25, -0.2) is 17.6 Å². The highest BCUT2D eigenvalue weighted by Crippen LogP contribution is 2.72. The molecule has 4 aliphatic rings. The summed E-state index contributed by atoms with van der Waals surface area (Å²) in [6, 6.07) is 47.4. The van der Waals surface area contributed by atoms with Crippen LogP contribution in [0.3, 0.4) is 0 Å². The second kappa shape index (κ2) is 46.3. The number of nitriles is 4. The number of aryl methyl sites for hydroxylation is 8. The van der Waals surface area contributed by atoms with Crippen molar-refractivity contribution in [1.82, 2.24) is 0 Å². The van der Waals surface area contributed by atoms with Gasteiger partial charge in [-0.15, -0.1) is 56.7 Å². The summed E-state index contributed by atoms with van der Waals surface area (Å²) in [6.45, 7) is 18.3. The Labute approximate surface area is 819 Å². The van der Waals surface area contributed by atoms with E-state index in [4.69, 9.17) is 0 Å². The number of benzene rings is 6. The van der Waals surface area contributed by atoms with Crippen molar-refractivity contribution in [3.8, 4) is 43.8 Å². The van der Waals surface area contributed by atoms with Crippen LogP contribution in [0.15, 0.2) is 156 Å². The van der Waals surface area contributed by atoms with Gasteiger partial charge >= 0.3 is 0 Å². The first kappa shape index (κ1) is 99.3. The van der Waals surface area contributed by atoms with Crippen LogP contribution in [0.2, 0.25) is 0 Å². The number of carbonyl (C=O) groups is 2. The summed E-state index contributed by atoms with van der Waals surface area (Å²) in [5, 5.41) is 41.8. The molecular formula is C120H128F4N4O2S5. The molecule has 4 aliphatic carbocycles. The molecule has 0 saturated carbocycles. The summed E-state index contributed by atoms with van der Waals surface area (Å²) < 4.78 is 65.9. The highest BCUT2D eigenvalue weighted by atomic mass is 32.1. The maximum absolute atomic E-state index is 15.4. The topological polar surface area (TPSA) is 129 Å². The number of unbranched alkanes of at least 4 members (excludes halogenated alkanes) is 24. The minimum Gasteiger partial charge on any atom is -0.289 e. The second-order valence-electron chi connectivity index (χ2n) is 38.1. The van der Waals surface area contributed by atoms with Crippen LogP contribution in [-0.4, -0.2) is 11.6 Å². The molecule has 0 spiro atoms. The monoisotopic (exact) mass is 1890 g/mol. The fourth-order valence-corrected chi connectivity index (χ4v) is 28.7. The number of carbonyl (C=O) groups excluding carboxylic acids is 2. The highest BCUT2D eigenvalue weighted by molar-refractivity contribution is 7.36. The molecular weight excluding hydrogens is 1770 g/mol. The van der Waals surface area contributed by atoms with Crippen LogP contribution in [0.5, 0.6) is 0 Å². The van der Waals surface area contributed by atoms with Crippen molar-refractivity contribution < 1.29 is 27.2 Å². The standard InChI is InChI=1S/C120H128F4N4O2S5/c1-9-17-25-33-43-77-55-78(44-34-26-18-10-2)60-87(59-77)119(88-61-79(45-35-27-19-11-3)56-80(62-88)46-36-28-20-12-4)99-67-91(51-41-53-93-105(85(73-125)74-126)95-69-100(121)102(123)71-97(95)110(93)129)131-112(99)114-108(119)116-118(134-114)109-117(135-116)115-107(113-104(133-115)68-92(132-113)52-42-54-94-106(86(75-127)76-128)96-70-101(122)103(124)72-98(96)111(94)130)120(109,89-63-81(47-37-29-21-13-5)57-82(64-89)48-38-30-22-14-6)90-65-83(49-39-31-23-15-7)58-84(66-90)50-40-32-24-16-8/h41-42,51-72H,9-40,43-50H2,1-8H3/b51-41+,52-42+,93-53-,94-54-. The summed E-state index contributed by atoms with van der Waals surface area (Å²) in [6.07, 6.45) is 54.4. The lowest BCUT2D eigenvalue weighted by Crippen LogP contribution is -2.30. The van der Waals surface area contributed by atoms with E-state index in [9.17, 15) is 30.6 Å². The summed E-state index contributed by atoms with van der Waals surface area (Å²) in [5.74, 6) is -5.93. The van der Waals surface area contributed by atoms with Gasteiger partial charge in [-0.05, 0) is 235 Å². The number of rotatable bonds is 48. The Morgan fingerprint density at radius 3 is 0.881 bits per heavy atom. The van der Waals surface area contributed by atoms with Gasteiger partial charge in [0.05, 0.1) is 44.4 Å². The number of Topliss-reactive ketones (excluding diaryl/α,β-unsaturated/α-hetero) is 2. The highest BCUT2D eigenvalue weighted by Gasteiger charge is 2.57. The molecule has 0 aliphatic heterocycles. The Morgan fingerprint density at radius 2 is 0.570 bits per heavy atom. The molecule has 0 atom stereocenters. The van der Waals surface area contributed by atoms with Gasteiger partial charge in [0.15, 0.2) is 34.8 Å². The van der Waals surface area contributed by atoms with Crippen LogP contribution in [0.4, 0.5) is 17.6 Å². The van der Waals surface area contributed by atoms with E-state index in [2.05, 4.69) is 140 Å². The van der Waals surface area contributed by atoms with E-state index in [0.29, 0.717) is 0 Å². The number of hydrogen-bond acceptors (Lipinski definition) is 11. The van der Waals surface area contributed by atoms with Crippen LogP contribution in [-0.2, 0) is 62.2 Å². The fraction of sp³-hybridized carbons (Fsp3) is 0.417. The molecule has 0 amide bonds.